The molecular formula is C25H19Cl2N5OS2. The van der Waals surface area contributed by atoms with Gasteiger partial charge in [0, 0.05) is 28.9 Å². The number of benzene rings is 3. The summed E-state index contributed by atoms with van der Waals surface area (Å²) in [6.07, 6.45) is 0. The number of hydrogen-bond acceptors (Lipinski definition) is 6. The van der Waals surface area contributed by atoms with Crippen molar-refractivity contribution in [1.82, 2.24) is 19.7 Å². The molecule has 1 N–H and O–H groups in total. The van der Waals surface area contributed by atoms with Crippen molar-refractivity contribution in [2.24, 2.45) is 7.05 Å². The number of aryl methyl sites for hydroxylation is 1. The second-order valence-electron chi connectivity index (χ2n) is 7.89. The molecule has 0 aliphatic carbocycles. The van der Waals surface area contributed by atoms with Gasteiger partial charge in [-0.05, 0) is 67.1 Å². The number of halogens is 2. The molecule has 0 aliphatic rings. The number of hydrogen-bond donors (Lipinski definition) is 1. The summed E-state index contributed by atoms with van der Waals surface area (Å²) in [5.74, 6) is 0.668. The lowest BCUT2D eigenvalue weighted by molar-refractivity contribution is -0.113. The highest BCUT2D eigenvalue weighted by Gasteiger charge is 2.16. The lowest BCUT2D eigenvalue weighted by Gasteiger charge is -2.07. The lowest BCUT2D eigenvalue weighted by atomic mass is 10.2. The molecule has 10 heteroatoms. The molecule has 2 heterocycles. The SMILES string of the molecule is Cc1ccc2nc(-c3ccc(NC(=O)CSc4nnc(-c5ccc(Cl)cc5Cl)n4C)cc3)sc2c1. The Balaban J connectivity index is 1.22. The monoisotopic (exact) mass is 539 g/mol. The van der Waals surface area contributed by atoms with Gasteiger partial charge in [-0.1, -0.05) is 41.0 Å². The predicted molar refractivity (Wildman–Crippen MR) is 146 cm³/mol. The van der Waals surface area contributed by atoms with Gasteiger partial charge in [0.2, 0.25) is 5.91 Å². The molecule has 0 saturated carbocycles. The summed E-state index contributed by atoms with van der Waals surface area (Å²) in [5, 5.41) is 14.0. The fraction of sp³-hybridized carbons (Fsp3) is 0.120. The Morgan fingerprint density at radius 2 is 1.86 bits per heavy atom. The van der Waals surface area contributed by atoms with E-state index in [1.165, 1.54) is 22.0 Å². The molecule has 0 saturated heterocycles. The largest absolute Gasteiger partial charge is 0.325 e. The third-order valence-electron chi connectivity index (χ3n) is 5.30. The summed E-state index contributed by atoms with van der Waals surface area (Å²) >= 11 is 15.2. The van der Waals surface area contributed by atoms with Gasteiger partial charge in [-0.2, -0.15) is 0 Å². The number of thiazole rings is 1. The van der Waals surface area contributed by atoms with E-state index in [4.69, 9.17) is 28.2 Å². The van der Waals surface area contributed by atoms with Crippen LogP contribution in [0.1, 0.15) is 5.56 Å². The third-order valence-corrected chi connectivity index (χ3v) is 7.93. The summed E-state index contributed by atoms with van der Waals surface area (Å²) in [6, 6.07) is 19.2. The number of rotatable bonds is 6. The quantitative estimate of drug-likeness (QED) is 0.233. The van der Waals surface area contributed by atoms with Crippen LogP contribution in [0, 0.1) is 6.92 Å². The molecular weight excluding hydrogens is 521 g/mol. The molecule has 3 aromatic carbocycles. The molecule has 0 atom stereocenters. The zero-order chi connectivity index (χ0) is 24.5. The Labute approximate surface area is 220 Å². The second-order valence-corrected chi connectivity index (χ2v) is 10.7. The first-order chi connectivity index (χ1) is 16.9. The van der Waals surface area contributed by atoms with Crippen LogP contribution >= 0.6 is 46.3 Å². The van der Waals surface area contributed by atoms with Crippen LogP contribution in [0.2, 0.25) is 10.0 Å². The van der Waals surface area contributed by atoms with E-state index in [9.17, 15) is 4.79 Å². The average molecular weight is 541 g/mol. The highest BCUT2D eigenvalue weighted by atomic mass is 35.5. The van der Waals surface area contributed by atoms with Crippen LogP contribution in [-0.2, 0) is 11.8 Å². The maximum Gasteiger partial charge on any atom is 0.234 e. The van der Waals surface area contributed by atoms with Crippen LogP contribution in [0.4, 0.5) is 5.69 Å². The minimum atomic E-state index is -0.132. The number of anilines is 1. The van der Waals surface area contributed by atoms with Crippen LogP contribution in [0.3, 0.4) is 0 Å². The molecule has 0 spiro atoms. The van der Waals surface area contributed by atoms with Crippen molar-refractivity contribution in [2.45, 2.75) is 12.1 Å². The first-order valence-electron chi connectivity index (χ1n) is 10.6. The van der Waals surface area contributed by atoms with Gasteiger partial charge in [-0.25, -0.2) is 4.98 Å². The van der Waals surface area contributed by atoms with Crippen LogP contribution in [-0.4, -0.2) is 31.4 Å². The van der Waals surface area contributed by atoms with Gasteiger partial charge in [-0.15, -0.1) is 21.5 Å². The molecule has 2 aromatic heterocycles. The van der Waals surface area contributed by atoms with Gasteiger partial charge in [0.1, 0.15) is 5.01 Å². The highest BCUT2D eigenvalue weighted by Crippen LogP contribution is 2.32. The predicted octanol–water partition coefficient (Wildman–Crippen LogP) is 7.10. The third kappa shape index (κ3) is 5.21. The standard InChI is InChI=1S/C25H19Cl2N5OS2/c1-14-3-10-20-21(11-14)35-24(29-20)15-4-7-17(8-5-15)28-22(33)13-34-25-31-30-23(32(25)2)18-9-6-16(26)12-19(18)27/h3-12H,13H2,1-2H3,(H,28,33). The summed E-state index contributed by atoms with van der Waals surface area (Å²) in [6.45, 7) is 2.08. The Hall–Kier alpha value is -2.91. The van der Waals surface area contributed by atoms with Gasteiger partial charge < -0.3 is 9.88 Å². The number of thioether (sulfide) groups is 1. The molecule has 5 rings (SSSR count). The van der Waals surface area contributed by atoms with E-state index >= 15 is 0 Å². The number of carbonyl (C=O) groups is 1. The molecule has 5 aromatic rings. The van der Waals surface area contributed by atoms with Crippen molar-refractivity contribution in [2.75, 3.05) is 11.1 Å². The van der Waals surface area contributed by atoms with Gasteiger partial charge in [0.05, 0.1) is 21.0 Å². The molecule has 0 radical (unpaired) electrons. The first kappa shape index (κ1) is 23.8. The molecule has 0 fully saturated rings. The fourth-order valence-corrected chi connectivity index (χ4v) is 5.80. The second kappa shape index (κ2) is 9.99. The van der Waals surface area contributed by atoms with E-state index in [-0.39, 0.29) is 11.7 Å². The van der Waals surface area contributed by atoms with E-state index in [0.717, 1.165) is 27.3 Å². The van der Waals surface area contributed by atoms with Crippen molar-refractivity contribution in [1.29, 1.82) is 0 Å². The van der Waals surface area contributed by atoms with E-state index in [1.54, 1.807) is 34.1 Å². The summed E-state index contributed by atoms with van der Waals surface area (Å²) < 4.78 is 2.97. The zero-order valence-corrected chi connectivity index (χ0v) is 21.9. The zero-order valence-electron chi connectivity index (χ0n) is 18.8. The summed E-state index contributed by atoms with van der Waals surface area (Å²) in [4.78, 5) is 17.3. The molecule has 0 aliphatic heterocycles. The Kier molecular flexibility index (Phi) is 6.80. The van der Waals surface area contributed by atoms with Crippen molar-refractivity contribution in [3.63, 3.8) is 0 Å². The topological polar surface area (TPSA) is 72.7 Å². The number of nitrogens with one attached hydrogen (secondary N) is 1. The minimum Gasteiger partial charge on any atom is -0.325 e. The van der Waals surface area contributed by atoms with Crippen molar-refractivity contribution in [3.05, 3.63) is 76.3 Å². The van der Waals surface area contributed by atoms with Crippen molar-refractivity contribution in [3.8, 4) is 22.0 Å². The number of fused-ring (bicyclic) bond motifs is 1. The van der Waals surface area contributed by atoms with Gasteiger partial charge in [-0.3, -0.25) is 4.79 Å². The number of amides is 1. The molecule has 1 amide bonds. The average Bonchev–Trinajstić information content (AvgIpc) is 3.41. The van der Waals surface area contributed by atoms with E-state index in [2.05, 4.69) is 34.6 Å². The van der Waals surface area contributed by atoms with Gasteiger partial charge >= 0.3 is 0 Å². The van der Waals surface area contributed by atoms with Crippen LogP contribution in [0.25, 0.3) is 32.2 Å². The Morgan fingerprint density at radius 3 is 2.63 bits per heavy atom. The Morgan fingerprint density at radius 1 is 1.06 bits per heavy atom. The Bertz CT molecular complexity index is 1550. The van der Waals surface area contributed by atoms with Crippen LogP contribution in [0.15, 0.2) is 65.8 Å². The van der Waals surface area contributed by atoms with Crippen LogP contribution in [0.5, 0.6) is 0 Å². The number of carbonyl (C=O) groups excluding carboxylic acids is 1. The summed E-state index contributed by atoms with van der Waals surface area (Å²) in [7, 11) is 1.84. The van der Waals surface area contributed by atoms with Gasteiger partial charge in [0.25, 0.3) is 0 Å². The minimum absolute atomic E-state index is 0.132. The normalized spacial score (nSPS) is 11.2. The molecule has 6 nitrogen and oxygen atoms in total. The van der Waals surface area contributed by atoms with Crippen LogP contribution < -0.4 is 5.32 Å². The van der Waals surface area contributed by atoms with Gasteiger partial charge in [0.15, 0.2) is 11.0 Å². The molecule has 0 bridgehead atoms. The molecule has 0 unspecified atom stereocenters. The van der Waals surface area contributed by atoms with E-state index < -0.39 is 0 Å². The van der Waals surface area contributed by atoms with E-state index in [0.29, 0.717) is 21.0 Å². The molecule has 35 heavy (non-hydrogen) atoms. The highest BCUT2D eigenvalue weighted by molar-refractivity contribution is 7.99. The number of nitrogens with zero attached hydrogens (tertiary/aromatic N) is 4. The molecule has 176 valence electrons. The van der Waals surface area contributed by atoms with Crippen molar-refractivity contribution >= 4 is 68.1 Å². The summed E-state index contributed by atoms with van der Waals surface area (Å²) in [5.41, 5.74) is 4.68. The fourth-order valence-electron chi connectivity index (χ4n) is 3.52. The number of aromatic nitrogens is 4. The maximum atomic E-state index is 12.5. The maximum absolute atomic E-state index is 12.5. The van der Waals surface area contributed by atoms with E-state index in [1.807, 2.05) is 37.4 Å². The van der Waals surface area contributed by atoms with Crippen molar-refractivity contribution < 1.29 is 4.79 Å². The lowest BCUT2D eigenvalue weighted by Crippen LogP contribution is -2.14. The smallest absolute Gasteiger partial charge is 0.234 e. The first-order valence-corrected chi connectivity index (χ1v) is 13.2.